The number of thiazole rings is 1. The van der Waals surface area contributed by atoms with Gasteiger partial charge in [-0.15, -0.1) is 23.7 Å². The van der Waals surface area contributed by atoms with Crippen LogP contribution in [-0.4, -0.2) is 52.4 Å². The lowest BCUT2D eigenvalue weighted by molar-refractivity contribution is 0.0695. The fourth-order valence-electron chi connectivity index (χ4n) is 4.12. The molecule has 176 valence electrons. The molecule has 1 atom stereocenters. The number of piperazine rings is 1. The van der Waals surface area contributed by atoms with Crippen molar-refractivity contribution in [2.75, 3.05) is 31.6 Å². The Hall–Kier alpha value is -3.47. The second-order valence-electron chi connectivity index (χ2n) is 7.60. The Labute approximate surface area is 205 Å². The van der Waals surface area contributed by atoms with Gasteiger partial charge in [-0.1, -0.05) is 18.2 Å². The number of carbonyl (C=O) groups is 1. The number of fused-ring (bicyclic) bond motifs is 1. The first-order valence-electron chi connectivity index (χ1n) is 10.4. The van der Waals surface area contributed by atoms with Gasteiger partial charge in [-0.2, -0.15) is 0 Å². The van der Waals surface area contributed by atoms with Crippen molar-refractivity contribution >= 4 is 46.6 Å². The Morgan fingerprint density at radius 1 is 1.26 bits per heavy atom. The molecule has 3 aromatic heterocycles. The van der Waals surface area contributed by atoms with Gasteiger partial charge in [0.2, 0.25) is 5.43 Å². The number of anilines is 1. The van der Waals surface area contributed by atoms with Crippen molar-refractivity contribution in [2.45, 2.75) is 6.04 Å². The Balaban J connectivity index is 0.00000274. The third-order valence-electron chi connectivity index (χ3n) is 5.71. The summed E-state index contributed by atoms with van der Waals surface area (Å²) in [4.78, 5) is 35.7. The Kier molecular flexibility index (Phi) is 6.82. The predicted molar refractivity (Wildman–Crippen MR) is 133 cm³/mol. The number of carboxylic acids is 1. The number of nitrogens with zero attached hydrogens (tertiary/aromatic N) is 4. The second-order valence-corrected chi connectivity index (χ2v) is 8.47. The smallest absolute Gasteiger partial charge is 0.341 e. The van der Waals surface area contributed by atoms with Crippen LogP contribution in [0.3, 0.4) is 0 Å². The summed E-state index contributed by atoms with van der Waals surface area (Å²) >= 11 is 1.34. The number of nitrogens with one attached hydrogen (secondary N) is 1. The molecule has 0 radical (unpaired) electrons. The number of carboxylic acid groups (broad SMARTS) is 1. The SMILES string of the molecule is COc1ccccc1C1CN(c2ccc3c(=O)c(C(=O)O)cn(-c4nccs4)c3n2)CCN1.Cl. The number of pyridine rings is 2. The van der Waals surface area contributed by atoms with Gasteiger partial charge in [-0.25, -0.2) is 14.8 Å². The third kappa shape index (κ3) is 4.23. The normalized spacial score (nSPS) is 15.7. The van der Waals surface area contributed by atoms with Gasteiger partial charge in [0.05, 0.1) is 18.5 Å². The van der Waals surface area contributed by atoms with E-state index in [4.69, 9.17) is 9.72 Å². The summed E-state index contributed by atoms with van der Waals surface area (Å²) in [6, 6.07) is 11.4. The summed E-state index contributed by atoms with van der Waals surface area (Å²) in [5, 5.41) is 15.6. The van der Waals surface area contributed by atoms with Crippen molar-refractivity contribution in [3.05, 3.63) is 75.5 Å². The maximum absolute atomic E-state index is 12.8. The minimum atomic E-state index is -1.28. The lowest BCUT2D eigenvalue weighted by Crippen LogP contribution is -2.46. The number of hydrogen-bond donors (Lipinski definition) is 2. The molecule has 4 aromatic rings. The van der Waals surface area contributed by atoms with Gasteiger partial charge in [-0.3, -0.25) is 9.36 Å². The first kappa shape index (κ1) is 23.7. The van der Waals surface area contributed by atoms with Crippen LogP contribution in [0.2, 0.25) is 0 Å². The van der Waals surface area contributed by atoms with E-state index in [-0.39, 0.29) is 29.4 Å². The standard InChI is InChI=1S/C23H21N5O4S.ClH/c1-32-18-5-3-2-4-14(18)17-13-27(10-8-24-17)19-7-6-15-20(29)16(22(30)31)12-28(21(15)26-19)23-25-9-11-33-23;/h2-7,9,11-12,17,24H,8,10,13H2,1H3,(H,30,31);1H. The van der Waals surface area contributed by atoms with Crippen molar-refractivity contribution in [1.82, 2.24) is 19.9 Å². The molecule has 0 bridgehead atoms. The highest BCUT2D eigenvalue weighted by Crippen LogP contribution is 2.29. The van der Waals surface area contributed by atoms with Crippen molar-refractivity contribution in [2.24, 2.45) is 0 Å². The molecule has 1 saturated heterocycles. The summed E-state index contributed by atoms with van der Waals surface area (Å²) in [6.45, 7) is 2.14. The van der Waals surface area contributed by atoms with Crippen LogP contribution in [0.5, 0.6) is 5.75 Å². The summed E-state index contributed by atoms with van der Waals surface area (Å²) < 4.78 is 7.11. The van der Waals surface area contributed by atoms with E-state index in [2.05, 4.69) is 15.2 Å². The molecule has 1 unspecified atom stereocenters. The first-order valence-corrected chi connectivity index (χ1v) is 11.3. The van der Waals surface area contributed by atoms with Crippen molar-refractivity contribution in [3.63, 3.8) is 0 Å². The van der Waals surface area contributed by atoms with Crippen LogP contribution in [0.4, 0.5) is 5.82 Å². The van der Waals surface area contributed by atoms with Crippen molar-refractivity contribution in [1.29, 1.82) is 0 Å². The number of aromatic carboxylic acids is 1. The van der Waals surface area contributed by atoms with Gasteiger partial charge in [-0.05, 0) is 18.2 Å². The zero-order valence-corrected chi connectivity index (χ0v) is 19.8. The van der Waals surface area contributed by atoms with Gasteiger partial charge in [0.1, 0.15) is 17.1 Å². The third-order valence-corrected chi connectivity index (χ3v) is 6.48. The number of benzene rings is 1. The molecule has 4 heterocycles. The molecule has 1 aliphatic heterocycles. The largest absolute Gasteiger partial charge is 0.496 e. The van der Waals surface area contributed by atoms with E-state index in [1.165, 1.54) is 17.5 Å². The first-order chi connectivity index (χ1) is 16.1. The molecule has 0 amide bonds. The molecule has 0 aliphatic carbocycles. The number of para-hydroxylation sites is 1. The van der Waals surface area contributed by atoms with Crippen molar-refractivity contribution < 1.29 is 14.6 Å². The van der Waals surface area contributed by atoms with Gasteiger partial charge in [0.25, 0.3) is 0 Å². The van der Waals surface area contributed by atoms with Crippen LogP contribution < -0.4 is 20.4 Å². The maximum Gasteiger partial charge on any atom is 0.341 e. The number of methoxy groups -OCH3 is 1. The number of halogens is 1. The van der Waals surface area contributed by atoms with Gasteiger partial charge in [0.15, 0.2) is 10.8 Å². The topological polar surface area (TPSA) is 110 Å². The minimum Gasteiger partial charge on any atom is -0.496 e. The average Bonchev–Trinajstić information content (AvgIpc) is 3.38. The van der Waals surface area contributed by atoms with E-state index in [9.17, 15) is 14.7 Å². The molecule has 2 N–H and O–H groups in total. The fraction of sp³-hybridized carbons (Fsp3) is 0.217. The van der Waals surface area contributed by atoms with E-state index < -0.39 is 11.4 Å². The van der Waals surface area contributed by atoms with Crippen LogP contribution in [-0.2, 0) is 0 Å². The molecule has 0 saturated carbocycles. The summed E-state index contributed by atoms with van der Waals surface area (Å²) in [6.07, 6.45) is 2.93. The van der Waals surface area contributed by atoms with Gasteiger partial charge in [0, 0.05) is 43.0 Å². The minimum absolute atomic E-state index is 0. The van der Waals surface area contributed by atoms with Crippen LogP contribution >= 0.6 is 23.7 Å². The maximum atomic E-state index is 12.8. The van der Waals surface area contributed by atoms with E-state index in [1.54, 1.807) is 35.4 Å². The molecule has 0 spiro atoms. The monoisotopic (exact) mass is 499 g/mol. The molecule has 1 aromatic carbocycles. The Morgan fingerprint density at radius 2 is 2.09 bits per heavy atom. The fourth-order valence-corrected chi connectivity index (χ4v) is 4.74. The highest BCUT2D eigenvalue weighted by atomic mass is 35.5. The van der Waals surface area contributed by atoms with Crippen molar-refractivity contribution in [3.8, 4) is 10.9 Å². The zero-order valence-electron chi connectivity index (χ0n) is 18.2. The van der Waals surface area contributed by atoms with E-state index in [0.29, 0.717) is 23.1 Å². The highest BCUT2D eigenvalue weighted by molar-refractivity contribution is 7.12. The van der Waals surface area contributed by atoms with Crippen LogP contribution in [0.1, 0.15) is 22.0 Å². The summed E-state index contributed by atoms with van der Waals surface area (Å²) in [5.74, 6) is 0.247. The van der Waals surface area contributed by atoms with E-state index >= 15 is 0 Å². The van der Waals surface area contributed by atoms with Gasteiger partial charge >= 0.3 is 5.97 Å². The van der Waals surface area contributed by atoms with Crippen LogP contribution in [0.25, 0.3) is 16.2 Å². The summed E-state index contributed by atoms with van der Waals surface area (Å²) in [5.41, 5.74) is 0.573. The second kappa shape index (κ2) is 9.80. The molecule has 5 rings (SSSR count). The average molecular weight is 500 g/mol. The molecular weight excluding hydrogens is 478 g/mol. The lowest BCUT2D eigenvalue weighted by Gasteiger charge is -2.35. The van der Waals surface area contributed by atoms with Crippen LogP contribution in [0, 0.1) is 0 Å². The predicted octanol–water partition coefficient (Wildman–Crippen LogP) is 3.12. The molecule has 34 heavy (non-hydrogen) atoms. The number of rotatable bonds is 5. The molecule has 1 fully saturated rings. The molecular formula is C23H22ClN5O4S. The Bertz CT molecular complexity index is 1390. The quantitative estimate of drug-likeness (QED) is 0.431. The number of hydrogen-bond acceptors (Lipinski definition) is 8. The van der Waals surface area contributed by atoms with E-state index in [0.717, 1.165) is 24.4 Å². The highest BCUT2D eigenvalue weighted by Gasteiger charge is 2.25. The van der Waals surface area contributed by atoms with E-state index in [1.807, 2.05) is 24.3 Å². The zero-order chi connectivity index (χ0) is 22.9. The summed E-state index contributed by atoms with van der Waals surface area (Å²) in [7, 11) is 1.66. The lowest BCUT2D eigenvalue weighted by atomic mass is 10.0. The molecule has 1 aliphatic rings. The van der Waals surface area contributed by atoms with Crippen LogP contribution in [0.15, 0.2) is 59.0 Å². The number of ether oxygens (including phenoxy) is 1. The number of aromatic nitrogens is 3. The van der Waals surface area contributed by atoms with Gasteiger partial charge < -0.3 is 20.1 Å². The molecule has 11 heteroatoms. The Morgan fingerprint density at radius 3 is 2.82 bits per heavy atom. The molecule has 9 nitrogen and oxygen atoms in total.